The molecule has 0 unspecified atom stereocenters. The van der Waals surface area contributed by atoms with E-state index in [-0.39, 0.29) is 6.42 Å². The summed E-state index contributed by atoms with van der Waals surface area (Å²) < 4.78 is 18.0. The predicted octanol–water partition coefficient (Wildman–Crippen LogP) is 3.15. The lowest BCUT2D eigenvalue weighted by Gasteiger charge is -2.20. The number of esters is 1. The van der Waals surface area contributed by atoms with Crippen molar-refractivity contribution in [2.75, 3.05) is 5.32 Å². The second-order valence-electron chi connectivity index (χ2n) is 5.92. The third-order valence-electron chi connectivity index (χ3n) is 3.76. The Morgan fingerprint density at radius 2 is 1.79 bits per heavy atom. The van der Waals surface area contributed by atoms with E-state index >= 15 is 0 Å². The van der Waals surface area contributed by atoms with Gasteiger partial charge in [0.2, 0.25) is 0 Å². The number of urea groups is 1. The average molecular weight is 408 g/mol. The molecule has 0 bridgehead atoms. The lowest BCUT2D eigenvalue weighted by Crippen LogP contribution is -2.36. The third-order valence-corrected chi connectivity index (χ3v) is 4.10. The van der Waals surface area contributed by atoms with Crippen molar-refractivity contribution in [3.8, 4) is 0 Å². The molecule has 0 aliphatic carbocycles. The van der Waals surface area contributed by atoms with Gasteiger partial charge < -0.3 is 21.1 Å². The third kappa shape index (κ3) is 6.24. The highest BCUT2D eigenvalue weighted by atomic mass is 35.5. The van der Waals surface area contributed by atoms with Crippen LogP contribution in [0.4, 0.5) is 14.9 Å². The molecule has 0 aromatic heterocycles. The van der Waals surface area contributed by atoms with Crippen LogP contribution in [0.2, 0.25) is 5.02 Å². The molecule has 2 rings (SSSR count). The highest BCUT2D eigenvalue weighted by molar-refractivity contribution is 6.31. The number of primary amides is 1. The van der Waals surface area contributed by atoms with Crippen LogP contribution in [0.15, 0.2) is 48.5 Å². The molecule has 2 aromatic carbocycles. The fourth-order valence-corrected chi connectivity index (χ4v) is 2.68. The largest absolute Gasteiger partial charge is 0.452 e. The fourth-order valence-electron chi connectivity index (χ4n) is 2.41. The zero-order valence-corrected chi connectivity index (χ0v) is 15.7. The van der Waals surface area contributed by atoms with Gasteiger partial charge in [-0.2, -0.15) is 0 Å². The summed E-state index contributed by atoms with van der Waals surface area (Å²) in [5.41, 5.74) is 6.02. The van der Waals surface area contributed by atoms with E-state index < -0.39 is 35.9 Å². The molecule has 28 heavy (non-hydrogen) atoms. The number of halogens is 2. The van der Waals surface area contributed by atoms with Crippen LogP contribution in [0.1, 0.15) is 24.9 Å². The summed E-state index contributed by atoms with van der Waals surface area (Å²) in [6.07, 6.45) is -1.39. The van der Waals surface area contributed by atoms with E-state index in [0.717, 1.165) is 0 Å². The van der Waals surface area contributed by atoms with Crippen LogP contribution in [0.5, 0.6) is 0 Å². The van der Waals surface area contributed by atoms with Gasteiger partial charge in [0, 0.05) is 10.7 Å². The number of carbonyl (C=O) groups is 3. The molecular weight excluding hydrogens is 389 g/mol. The molecular formula is C19H19ClFN3O4. The number of rotatable bonds is 7. The highest BCUT2D eigenvalue weighted by Crippen LogP contribution is 2.25. The summed E-state index contributed by atoms with van der Waals surface area (Å²) in [5, 5.41) is 5.28. The van der Waals surface area contributed by atoms with Crippen molar-refractivity contribution >= 4 is 35.2 Å². The molecule has 0 spiro atoms. The van der Waals surface area contributed by atoms with E-state index in [4.69, 9.17) is 22.1 Å². The van der Waals surface area contributed by atoms with E-state index in [1.54, 1.807) is 24.3 Å². The molecule has 9 heteroatoms. The number of benzene rings is 2. The summed E-state index contributed by atoms with van der Waals surface area (Å²) in [6.45, 7) is 1.39. The van der Waals surface area contributed by atoms with Gasteiger partial charge in [0.05, 0.1) is 12.5 Å². The quantitative estimate of drug-likeness (QED) is 0.612. The molecule has 0 heterocycles. The second-order valence-corrected chi connectivity index (χ2v) is 6.32. The summed E-state index contributed by atoms with van der Waals surface area (Å²) in [6, 6.07) is 10.1. The molecule has 2 atom stereocenters. The average Bonchev–Trinajstić information content (AvgIpc) is 2.63. The number of hydrogen-bond acceptors (Lipinski definition) is 4. The summed E-state index contributed by atoms with van der Waals surface area (Å²) >= 11 is 6.11. The Morgan fingerprint density at radius 3 is 2.39 bits per heavy atom. The topological polar surface area (TPSA) is 111 Å². The minimum Gasteiger partial charge on any atom is -0.452 e. The molecule has 0 aliphatic rings. The van der Waals surface area contributed by atoms with E-state index in [0.29, 0.717) is 16.3 Å². The van der Waals surface area contributed by atoms with Crippen molar-refractivity contribution in [3.63, 3.8) is 0 Å². The van der Waals surface area contributed by atoms with E-state index in [9.17, 15) is 18.8 Å². The number of amides is 3. The SMILES string of the molecule is C[C@H](OC(=O)C[C@@H](NC(N)=O)c1ccccc1Cl)C(=O)Nc1ccc(F)cc1. The Hall–Kier alpha value is -3.13. The van der Waals surface area contributed by atoms with Gasteiger partial charge in [0.15, 0.2) is 6.10 Å². The lowest BCUT2D eigenvalue weighted by molar-refractivity contribution is -0.153. The Kier molecular flexibility index (Phi) is 7.34. The van der Waals surface area contributed by atoms with Crippen molar-refractivity contribution in [2.24, 2.45) is 5.73 Å². The number of nitrogens with two attached hydrogens (primary N) is 1. The van der Waals surface area contributed by atoms with Gasteiger partial charge in [-0.15, -0.1) is 0 Å². The van der Waals surface area contributed by atoms with Gasteiger partial charge in [-0.25, -0.2) is 9.18 Å². The van der Waals surface area contributed by atoms with Crippen LogP contribution in [0, 0.1) is 5.82 Å². The fraction of sp³-hybridized carbons (Fsp3) is 0.211. The van der Waals surface area contributed by atoms with Crippen LogP contribution in [0.3, 0.4) is 0 Å². The van der Waals surface area contributed by atoms with Gasteiger partial charge >= 0.3 is 12.0 Å². The lowest BCUT2D eigenvalue weighted by atomic mass is 10.0. The number of anilines is 1. The minimum absolute atomic E-state index is 0.277. The standard InChI is InChI=1S/C19H19ClFN3O4/c1-11(18(26)23-13-8-6-12(21)7-9-13)28-17(25)10-16(24-19(22)27)14-4-2-3-5-15(14)20/h2-9,11,16H,10H2,1H3,(H,23,26)(H3,22,24,27)/t11-,16+/m0/s1. The van der Waals surface area contributed by atoms with Crippen LogP contribution in [-0.4, -0.2) is 24.0 Å². The molecule has 2 aromatic rings. The molecule has 7 nitrogen and oxygen atoms in total. The van der Waals surface area contributed by atoms with E-state index in [1.807, 2.05) is 0 Å². The van der Waals surface area contributed by atoms with E-state index in [2.05, 4.69) is 10.6 Å². The number of ether oxygens (including phenoxy) is 1. The number of nitrogens with one attached hydrogen (secondary N) is 2. The first-order chi connectivity index (χ1) is 13.3. The number of carbonyl (C=O) groups excluding carboxylic acids is 3. The van der Waals surface area contributed by atoms with Gasteiger partial charge in [0.25, 0.3) is 5.91 Å². The Morgan fingerprint density at radius 1 is 1.14 bits per heavy atom. The van der Waals surface area contributed by atoms with Crippen LogP contribution in [-0.2, 0) is 14.3 Å². The predicted molar refractivity (Wildman–Crippen MR) is 102 cm³/mol. The Labute approximate surface area is 166 Å². The molecule has 148 valence electrons. The molecule has 3 amide bonds. The zero-order valence-electron chi connectivity index (χ0n) is 14.9. The smallest absolute Gasteiger partial charge is 0.312 e. The molecule has 4 N–H and O–H groups in total. The Bertz CT molecular complexity index is 861. The number of hydrogen-bond donors (Lipinski definition) is 3. The zero-order chi connectivity index (χ0) is 20.7. The first-order valence-corrected chi connectivity index (χ1v) is 8.70. The summed E-state index contributed by atoms with van der Waals surface area (Å²) in [5.74, 6) is -1.76. The molecule has 0 aliphatic heterocycles. The van der Waals surface area contributed by atoms with Gasteiger partial charge in [0.1, 0.15) is 5.82 Å². The second kappa shape index (κ2) is 9.70. The summed E-state index contributed by atoms with van der Waals surface area (Å²) in [4.78, 5) is 35.6. The van der Waals surface area contributed by atoms with Crippen LogP contribution in [0.25, 0.3) is 0 Å². The molecule has 0 saturated carbocycles. The van der Waals surface area contributed by atoms with Crippen molar-refractivity contribution < 1.29 is 23.5 Å². The van der Waals surface area contributed by atoms with Crippen molar-refractivity contribution in [3.05, 3.63) is 64.9 Å². The van der Waals surface area contributed by atoms with E-state index in [1.165, 1.54) is 31.2 Å². The molecule has 0 fully saturated rings. The maximum atomic E-state index is 12.9. The van der Waals surface area contributed by atoms with Crippen molar-refractivity contribution in [2.45, 2.75) is 25.5 Å². The van der Waals surface area contributed by atoms with Gasteiger partial charge in [-0.05, 0) is 42.8 Å². The van der Waals surface area contributed by atoms with Gasteiger partial charge in [-0.3, -0.25) is 9.59 Å². The normalized spacial score (nSPS) is 12.5. The van der Waals surface area contributed by atoms with Gasteiger partial charge in [-0.1, -0.05) is 29.8 Å². The minimum atomic E-state index is -1.11. The monoisotopic (exact) mass is 407 g/mol. The molecule has 0 saturated heterocycles. The maximum absolute atomic E-state index is 12.9. The van der Waals surface area contributed by atoms with Crippen molar-refractivity contribution in [1.82, 2.24) is 5.32 Å². The first-order valence-electron chi connectivity index (χ1n) is 8.32. The first kappa shape index (κ1) is 21.2. The highest BCUT2D eigenvalue weighted by Gasteiger charge is 2.24. The van der Waals surface area contributed by atoms with Crippen molar-refractivity contribution in [1.29, 1.82) is 0 Å². The summed E-state index contributed by atoms with van der Waals surface area (Å²) in [7, 11) is 0. The van der Waals surface area contributed by atoms with Crippen LogP contribution >= 0.6 is 11.6 Å². The maximum Gasteiger partial charge on any atom is 0.312 e. The molecule has 0 radical (unpaired) electrons. The Balaban J connectivity index is 1.99. The van der Waals surface area contributed by atoms with Crippen LogP contribution < -0.4 is 16.4 Å².